The Morgan fingerprint density at radius 2 is 1.19 bits per heavy atom. The van der Waals surface area contributed by atoms with E-state index in [0.717, 1.165) is 50.3 Å². The summed E-state index contributed by atoms with van der Waals surface area (Å²) in [4.78, 5) is 8.48. The van der Waals surface area contributed by atoms with Gasteiger partial charge in [-0.15, -0.1) is 65.8 Å². The second-order valence-corrected chi connectivity index (χ2v) is 12.9. The summed E-state index contributed by atoms with van der Waals surface area (Å²) >= 11 is 0. The number of hydrogen-bond acceptors (Lipinski definition) is 5. The summed E-state index contributed by atoms with van der Waals surface area (Å²) in [7, 11) is 1.98. The molecule has 0 spiro atoms. The predicted molar refractivity (Wildman–Crippen MR) is 224 cm³/mol. The molecule has 0 atom stereocenters. The van der Waals surface area contributed by atoms with Crippen LogP contribution < -0.4 is 14.4 Å². The maximum atomic E-state index is 7.29. The fraction of sp³-hybridized carbons (Fsp3) is 0.0196. The van der Waals surface area contributed by atoms with Crippen molar-refractivity contribution in [1.82, 2.24) is 14.5 Å². The molecule has 0 saturated heterocycles. The molecule has 0 N–H and O–H groups in total. The zero-order chi connectivity index (χ0) is 38.8. The van der Waals surface area contributed by atoms with Gasteiger partial charge in [0, 0.05) is 67.6 Å². The van der Waals surface area contributed by atoms with Crippen LogP contribution in [0.5, 0.6) is 23.0 Å². The van der Waals surface area contributed by atoms with Crippen LogP contribution in [0, 0.1) is 49.5 Å². The van der Waals surface area contributed by atoms with E-state index in [4.69, 9.17) is 15.9 Å². The normalized spacial score (nSPS) is 11.3. The number of hydrogen-bond donors (Lipinski definition) is 0. The van der Waals surface area contributed by atoms with Crippen LogP contribution in [-0.4, -0.2) is 21.5 Å². The third-order valence-electron chi connectivity index (χ3n) is 8.85. The fourth-order valence-corrected chi connectivity index (χ4v) is 6.14. The summed E-state index contributed by atoms with van der Waals surface area (Å²) in [5, 5.41) is 0. The van der Waals surface area contributed by atoms with Crippen molar-refractivity contribution >= 4 is 5.69 Å². The zero-order valence-electron chi connectivity index (χ0n) is 31.6. The predicted octanol–water partition coefficient (Wildman–Crippen LogP) is 11.6. The molecule has 6 aromatic carbocycles. The van der Waals surface area contributed by atoms with Gasteiger partial charge in [-0.3, -0.25) is 11.1 Å². The average Bonchev–Trinajstić information content (AvgIpc) is 3.92. The number of anilines is 1. The largest absolute Gasteiger partial charge is 4.00 e. The first kappa shape index (κ1) is 42.2. The summed E-state index contributed by atoms with van der Waals surface area (Å²) in [5.74, 6) is 2.42. The van der Waals surface area contributed by atoms with Crippen molar-refractivity contribution in [2.75, 3.05) is 11.9 Å². The summed E-state index contributed by atoms with van der Waals surface area (Å²) in [6, 6.07) is 65.7. The van der Waals surface area contributed by atoms with E-state index in [0.29, 0.717) is 23.0 Å². The second kappa shape index (κ2) is 20.4. The van der Waals surface area contributed by atoms with Crippen molar-refractivity contribution in [3.8, 4) is 73.7 Å². The molecule has 2 aromatic heterocycles. The molecule has 0 saturated carbocycles. The minimum absolute atomic E-state index is 0. The smallest absolute Gasteiger partial charge is 0.669 e. The van der Waals surface area contributed by atoms with Crippen LogP contribution in [0.15, 0.2) is 177 Å². The first-order chi connectivity index (χ1) is 28.1. The Labute approximate surface area is 374 Å². The van der Waals surface area contributed by atoms with Gasteiger partial charge in [-0.25, -0.2) is 24.2 Å². The van der Waals surface area contributed by atoms with Crippen LogP contribution in [0.2, 0.25) is 0 Å². The molecule has 0 fully saturated rings. The standard InChI is InChI=1S/C33H21N3O2.C18H12N.2Pt/c1-35-18-19-36(24-35)28-10-7-15-32(23-28)38-31-14-6-9-27(21-31)33-22-26(16-17-34-33)25-8-5-13-30(20-25)37-29-11-3-2-4-12-29;1-2-19-13-17(15-9-5-3-6-10-15)18(14-19)16-11-7-4-8-12-16;;/h2-11,13-15,17-19,22,24H,1H3;3-14H;;/q-6;-1;;+4. The van der Waals surface area contributed by atoms with Gasteiger partial charge >= 0.3 is 21.1 Å². The Bertz CT molecular complexity index is 2600. The van der Waals surface area contributed by atoms with E-state index in [1.54, 1.807) is 10.8 Å². The number of rotatable bonds is 9. The van der Waals surface area contributed by atoms with Gasteiger partial charge in [-0.2, -0.15) is 43.1 Å². The Balaban J connectivity index is 0.000000235. The summed E-state index contributed by atoms with van der Waals surface area (Å²) < 4.78 is 13.7. The molecule has 8 heteroatoms. The first-order valence-corrected chi connectivity index (χ1v) is 18.1. The summed E-state index contributed by atoms with van der Waals surface area (Å²) in [6.45, 7) is 1.97. The number of para-hydroxylation sites is 1. The fourth-order valence-electron chi connectivity index (χ4n) is 6.14. The second-order valence-electron chi connectivity index (χ2n) is 12.9. The van der Waals surface area contributed by atoms with Crippen molar-refractivity contribution in [1.29, 1.82) is 0 Å². The molecule has 6 nitrogen and oxygen atoms in total. The third kappa shape index (κ3) is 10.8. The molecule has 9 rings (SSSR count). The molecule has 1 aliphatic heterocycles. The van der Waals surface area contributed by atoms with Gasteiger partial charge in [-0.1, -0.05) is 78.6 Å². The summed E-state index contributed by atoms with van der Waals surface area (Å²) in [5.41, 5.74) is 8.66. The molecule has 0 amide bonds. The van der Waals surface area contributed by atoms with Gasteiger partial charge in [0.2, 0.25) is 0 Å². The van der Waals surface area contributed by atoms with Gasteiger partial charge in [0.15, 0.2) is 0 Å². The van der Waals surface area contributed by atoms with Gasteiger partial charge < -0.3 is 35.2 Å². The molecular weight excluding hydrogens is 1090 g/mol. The van der Waals surface area contributed by atoms with Crippen molar-refractivity contribution in [2.24, 2.45) is 0 Å². The molecule has 0 bridgehead atoms. The number of ether oxygens (including phenoxy) is 2. The van der Waals surface area contributed by atoms with E-state index in [1.807, 2.05) is 170 Å². The third-order valence-corrected chi connectivity index (χ3v) is 8.85. The monoisotopic (exact) mass is 1120 g/mol. The molecule has 0 aliphatic carbocycles. The molecule has 1 aliphatic rings. The molecule has 292 valence electrons. The van der Waals surface area contributed by atoms with Crippen LogP contribution in [-0.2, 0) is 42.1 Å². The molecule has 0 unspecified atom stereocenters. The maximum Gasteiger partial charge on any atom is 4.00 e. The van der Waals surface area contributed by atoms with Crippen LogP contribution in [0.25, 0.3) is 44.6 Å². The molecule has 0 radical (unpaired) electrons. The van der Waals surface area contributed by atoms with Crippen LogP contribution in [0.3, 0.4) is 0 Å². The van der Waals surface area contributed by atoms with Crippen LogP contribution in [0.1, 0.15) is 0 Å². The number of aromatic nitrogens is 2. The quantitative estimate of drug-likeness (QED) is 0.106. The van der Waals surface area contributed by atoms with E-state index < -0.39 is 0 Å². The van der Waals surface area contributed by atoms with Gasteiger partial charge in [0.1, 0.15) is 0 Å². The Hall–Kier alpha value is -6.37. The SMILES string of the molecule is CN1C=CN(c2[c-]c(Oc3[c-]c(-c4cc(-c5[c-]c(Oc6[c-]cccc6)ccc5)[c-]cn4)ccc3)ccc2)[CH-]1.[C-]#Cn1cc(-c2ccccc2)c(-c2ccccc2)c1.[Pt+4].[Pt]. The first-order valence-electron chi connectivity index (χ1n) is 18.1. The zero-order valence-corrected chi connectivity index (χ0v) is 36.1. The molecule has 3 heterocycles. The summed E-state index contributed by atoms with van der Waals surface area (Å²) in [6.07, 6.45) is 16.8. The Morgan fingerprint density at radius 1 is 0.610 bits per heavy atom. The van der Waals surface area contributed by atoms with Crippen molar-refractivity contribution in [3.05, 3.63) is 220 Å². The van der Waals surface area contributed by atoms with E-state index in [-0.39, 0.29) is 42.1 Å². The van der Waals surface area contributed by atoms with Gasteiger partial charge in [0.25, 0.3) is 0 Å². The molecular formula is C51H33N4O2Pt2-3. The Kier molecular flexibility index (Phi) is 14.6. The van der Waals surface area contributed by atoms with Crippen molar-refractivity contribution in [3.63, 3.8) is 0 Å². The van der Waals surface area contributed by atoms with Crippen molar-refractivity contribution in [2.45, 2.75) is 0 Å². The molecule has 8 aromatic rings. The number of nitrogens with zero attached hydrogens (tertiary/aromatic N) is 4. The van der Waals surface area contributed by atoms with Crippen molar-refractivity contribution < 1.29 is 51.6 Å². The van der Waals surface area contributed by atoms with Gasteiger partial charge in [0.05, 0.1) is 0 Å². The van der Waals surface area contributed by atoms with E-state index in [1.165, 1.54) is 0 Å². The van der Waals surface area contributed by atoms with E-state index in [9.17, 15) is 0 Å². The van der Waals surface area contributed by atoms with E-state index >= 15 is 0 Å². The van der Waals surface area contributed by atoms with Crippen LogP contribution in [0.4, 0.5) is 5.69 Å². The van der Waals surface area contributed by atoms with E-state index in [2.05, 4.69) is 65.6 Å². The van der Waals surface area contributed by atoms with Crippen LogP contribution >= 0.6 is 0 Å². The topological polar surface area (TPSA) is 42.8 Å². The number of pyridine rings is 1. The Morgan fingerprint density at radius 3 is 1.80 bits per heavy atom. The maximum absolute atomic E-state index is 7.29. The minimum Gasteiger partial charge on any atom is -0.669 e. The van der Waals surface area contributed by atoms with Gasteiger partial charge in [-0.05, 0) is 30.6 Å². The molecule has 59 heavy (non-hydrogen) atoms. The average molecular weight is 1120 g/mol. The minimum atomic E-state index is 0. The number of benzene rings is 6.